The number of hydrogen-bond acceptors (Lipinski definition) is 6. The number of carbonyl (C=O) groups is 1. The summed E-state index contributed by atoms with van der Waals surface area (Å²) in [6.45, 7) is 2.78. The van der Waals surface area contributed by atoms with Crippen molar-refractivity contribution < 1.29 is 13.9 Å². The number of nitrogens with zero attached hydrogens (tertiary/aromatic N) is 3. The fourth-order valence-electron chi connectivity index (χ4n) is 2.65. The molecule has 0 aliphatic rings. The second-order valence-electron chi connectivity index (χ2n) is 6.85. The van der Waals surface area contributed by atoms with Crippen molar-refractivity contribution in [2.45, 2.75) is 6.92 Å². The van der Waals surface area contributed by atoms with Gasteiger partial charge in [0.2, 0.25) is 5.95 Å². The molecule has 156 valence electrons. The number of carbonyl (C=O) groups excluding carboxylic acids is 1. The molecule has 0 spiro atoms. The van der Waals surface area contributed by atoms with E-state index < -0.39 is 0 Å². The number of nitrogens with one attached hydrogen (secondary N) is 2. The van der Waals surface area contributed by atoms with Crippen LogP contribution in [0.2, 0.25) is 0 Å². The second kappa shape index (κ2) is 9.69. The topological polar surface area (TPSA) is 79.4 Å². The third-order valence-corrected chi connectivity index (χ3v) is 4.14. The van der Waals surface area contributed by atoms with E-state index in [9.17, 15) is 9.18 Å². The van der Waals surface area contributed by atoms with Gasteiger partial charge >= 0.3 is 0 Å². The van der Waals surface area contributed by atoms with Crippen molar-refractivity contribution in [1.29, 1.82) is 0 Å². The highest BCUT2D eigenvalue weighted by atomic mass is 19.1. The van der Waals surface area contributed by atoms with Crippen LogP contribution in [0.4, 0.5) is 16.2 Å². The average Bonchev–Trinajstić information content (AvgIpc) is 2.72. The van der Waals surface area contributed by atoms with Gasteiger partial charge in [-0.1, -0.05) is 6.07 Å². The van der Waals surface area contributed by atoms with Gasteiger partial charge in [0.1, 0.15) is 23.1 Å². The second-order valence-corrected chi connectivity index (χ2v) is 6.85. The van der Waals surface area contributed by atoms with Crippen molar-refractivity contribution in [3.63, 3.8) is 0 Å². The maximum absolute atomic E-state index is 13.0. The van der Waals surface area contributed by atoms with Gasteiger partial charge < -0.3 is 20.3 Å². The molecule has 0 bridgehead atoms. The number of ether oxygens (including phenoxy) is 1. The highest BCUT2D eigenvalue weighted by Gasteiger charge is 2.08. The summed E-state index contributed by atoms with van der Waals surface area (Å²) in [6.07, 6.45) is 0. The van der Waals surface area contributed by atoms with E-state index in [4.69, 9.17) is 4.74 Å². The molecule has 0 fully saturated rings. The molecule has 0 saturated carbocycles. The molecule has 3 aromatic rings. The SMILES string of the molecule is Cc1cc(N(C)C)nc(NCCNC(=O)c2cccc(Oc3ccc(F)cc3)c2)n1. The third kappa shape index (κ3) is 5.91. The Balaban J connectivity index is 1.52. The molecule has 3 rings (SSSR count). The summed E-state index contributed by atoms with van der Waals surface area (Å²) in [5.74, 6) is 1.76. The summed E-state index contributed by atoms with van der Waals surface area (Å²) in [4.78, 5) is 23.1. The lowest BCUT2D eigenvalue weighted by Crippen LogP contribution is -2.29. The molecule has 1 amide bonds. The standard InChI is InChI=1S/C22H24FN5O2/c1-15-13-20(28(2)3)27-22(26-15)25-12-11-24-21(29)16-5-4-6-19(14-16)30-18-9-7-17(23)8-10-18/h4-10,13-14H,11-12H2,1-3H3,(H,24,29)(H,25,26,27). The van der Waals surface area contributed by atoms with E-state index in [0.29, 0.717) is 36.1 Å². The predicted molar refractivity (Wildman–Crippen MR) is 115 cm³/mol. The average molecular weight is 409 g/mol. The van der Waals surface area contributed by atoms with Crippen molar-refractivity contribution in [2.24, 2.45) is 0 Å². The molecule has 0 saturated heterocycles. The van der Waals surface area contributed by atoms with Gasteiger partial charge in [0.25, 0.3) is 5.91 Å². The van der Waals surface area contributed by atoms with Gasteiger partial charge in [-0.05, 0) is 49.4 Å². The van der Waals surface area contributed by atoms with Crippen LogP contribution in [0.3, 0.4) is 0 Å². The maximum atomic E-state index is 13.0. The van der Waals surface area contributed by atoms with Crippen molar-refractivity contribution in [3.05, 3.63) is 71.7 Å². The predicted octanol–water partition coefficient (Wildman–Crippen LogP) is 3.62. The lowest BCUT2D eigenvalue weighted by atomic mass is 10.2. The van der Waals surface area contributed by atoms with E-state index in [2.05, 4.69) is 20.6 Å². The van der Waals surface area contributed by atoms with E-state index >= 15 is 0 Å². The van der Waals surface area contributed by atoms with Crippen LogP contribution in [-0.4, -0.2) is 43.1 Å². The Hall–Kier alpha value is -3.68. The first-order valence-electron chi connectivity index (χ1n) is 9.49. The van der Waals surface area contributed by atoms with Crippen LogP contribution < -0.4 is 20.3 Å². The van der Waals surface area contributed by atoms with Gasteiger partial charge in [-0.2, -0.15) is 4.98 Å². The molecular formula is C22H24FN5O2. The molecule has 0 radical (unpaired) electrons. The number of aryl methyl sites for hydroxylation is 1. The fraction of sp³-hybridized carbons (Fsp3) is 0.227. The van der Waals surface area contributed by atoms with Crippen LogP contribution in [0.25, 0.3) is 0 Å². The largest absolute Gasteiger partial charge is 0.457 e. The van der Waals surface area contributed by atoms with Gasteiger partial charge in [0.15, 0.2) is 0 Å². The van der Waals surface area contributed by atoms with Crippen LogP contribution in [0, 0.1) is 12.7 Å². The van der Waals surface area contributed by atoms with E-state index in [0.717, 1.165) is 11.5 Å². The van der Waals surface area contributed by atoms with Crippen molar-refractivity contribution in [3.8, 4) is 11.5 Å². The van der Waals surface area contributed by atoms with Crippen LogP contribution in [0.5, 0.6) is 11.5 Å². The molecule has 1 aromatic heterocycles. The molecule has 0 aliphatic heterocycles. The Morgan fingerprint density at radius 3 is 2.53 bits per heavy atom. The van der Waals surface area contributed by atoms with Gasteiger partial charge in [0.05, 0.1) is 0 Å². The van der Waals surface area contributed by atoms with Crippen LogP contribution in [0.15, 0.2) is 54.6 Å². The normalized spacial score (nSPS) is 10.4. The zero-order valence-electron chi connectivity index (χ0n) is 17.1. The minimum absolute atomic E-state index is 0.222. The monoisotopic (exact) mass is 409 g/mol. The molecule has 1 heterocycles. The highest BCUT2D eigenvalue weighted by molar-refractivity contribution is 5.94. The smallest absolute Gasteiger partial charge is 0.251 e. The highest BCUT2D eigenvalue weighted by Crippen LogP contribution is 2.22. The fourth-order valence-corrected chi connectivity index (χ4v) is 2.65. The summed E-state index contributed by atoms with van der Waals surface area (Å²) in [6, 6.07) is 14.4. The Morgan fingerprint density at radius 1 is 1.03 bits per heavy atom. The number of halogens is 1. The zero-order valence-corrected chi connectivity index (χ0v) is 17.1. The molecule has 2 N–H and O–H groups in total. The maximum Gasteiger partial charge on any atom is 0.251 e. The first-order valence-corrected chi connectivity index (χ1v) is 9.49. The Bertz CT molecular complexity index is 1010. The summed E-state index contributed by atoms with van der Waals surface area (Å²) >= 11 is 0. The molecule has 7 nitrogen and oxygen atoms in total. The van der Waals surface area contributed by atoms with E-state index in [1.165, 1.54) is 24.3 Å². The van der Waals surface area contributed by atoms with Gasteiger partial charge in [-0.15, -0.1) is 0 Å². The molecule has 0 atom stereocenters. The third-order valence-electron chi connectivity index (χ3n) is 4.14. The zero-order chi connectivity index (χ0) is 21.5. The minimum atomic E-state index is -0.335. The molecule has 0 unspecified atom stereocenters. The van der Waals surface area contributed by atoms with Crippen molar-refractivity contribution in [2.75, 3.05) is 37.4 Å². The lowest BCUT2D eigenvalue weighted by Gasteiger charge is -2.14. The summed E-state index contributed by atoms with van der Waals surface area (Å²) < 4.78 is 18.7. The van der Waals surface area contributed by atoms with E-state index in [1.54, 1.807) is 24.3 Å². The molecule has 30 heavy (non-hydrogen) atoms. The lowest BCUT2D eigenvalue weighted by molar-refractivity contribution is 0.0955. The van der Waals surface area contributed by atoms with Crippen molar-refractivity contribution in [1.82, 2.24) is 15.3 Å². The number of amides is 1. The van der Waals surface area contributed by atoms with E-state index in [1.807, 2.05) is 32.0 Å². The number of aromatic nitrogens is 2. The Kier molecular flexibility index (Phi) is 6.79. The molecule has 8 heteroatoms. The summed E-state index contributed by atoms with van der Waals surface area (Å²) in [7, 11) is 3.83. The molecule has 2 aromatic carbocycles. The molecular weight excluding hydrogens is 385 g/mol. The summed E-state index contributed by atoms with van der Waals surface area (Å²) in [5.41, 5.74) is 1.33. The quantitative estimate of drug-likeness (QED) is 0.553. The number of anilines is 2. The number of hydrogen-bond donors (Lipinski definition) is 2. The summed E-state index contributed by atoms with van der Waals surface area (Å²) in [5, 5.41) is 5.96. The van der Waals surface area contributed by atoms with E-state index in [-0.39, 0.29) is 11.7 Å². The first-order chi connectivity index (χ1) is 14.4. The Labute approximate surface area is 174 Å². The van der Waals surface area contributed by atoms with Crippen LogP contribution in [-0.2, 0) is 0 Å². The number of rotatable bonds is 8. The van der Waals surface area contributed by atoms with Gasteiger partial charge in [-0.3, -0.25) is 4.79 Å². The Morgan fingerprint density at radius 2 is 1.80 bits per heavy atom. The van der Waals surface area contributed by atoms with Crippen molar-refractivity contribution >= 4 is 17.7 Å². The van der Waals surface area contributed by atoms with Crippen LogP contribution in [0.1, 0.15) is 16.1 Å². The van der Waals surface area contributed by atoms with Gasteiger partial charge in [0, 0.05) is 44.5 Å². The van der Waals surface area contributed by atoms with Crippen LogP contribution >= 0.6 is 0 Å². The first kappa shape index (κ1) is 21.0. The van der Waals surface area contributed by atoms with Gasteiger partial charge in [-0.25, -0.2) is 9.37 Å². The molecule has 0 aliphatic carbocycles. The minimum Gasteiger partial charge on any atom is -0.457 e. The number of benzene rings is 2.